The fraction of sp³-hybridized carbons (Fsp3) is 0.233. The maximum absolute atomic E-state index is 14.2. The number of nitrogens with zero attached hydrogens (tertiary/aromatic N) is 1. The van der Waals surface area contributed by atoms with Gasteiger partial charge in [-0.1, -0.05) is 54.8 Å². The molecule has 1 aliphatic rings. The highest BCUT2D eigenvalue weighted by Crippen LogP contribution is 2.42. The molecule has 1 unspecified atom stereocenters. The number of aromatic nitrogens is 1. The van der Waals surface area contributed by atoms with Gasteiger partial charge < -0.3 is 10.4 Å². The average Bonchev–Trinajstić information content (AvgIpc) is 3.40. The van der Waals surface area contributed by atoms with Crippen LogP contribution in [0.3, 0.4) is 0 Å². The molecule has 5 rings (SSSR count). The lowest BCUT2D eigenvalue weighted by atomic mass is 9.77. The second-order valence-corrected chi connectivity index (χ2v) is 10.1. The molecular weight excluding hydrogens is 510 g/mol. The molecule has 0 radical (unpaired) electrons. The minimum absolute atomic E-state index is 0.0669. The molecule has 2 N–H and O–H groups in total. The van der Waals surface area contributed by atoms with Gasteiger partial charge in [0.15, 0.2) is 0 Å². The highest BCUT2D eigenvalue weighted by molar-refractivity contribution is 6.30. The number of carboxylic acid groups (broad SMARTS) is 1. The third-order valence-corrected chi connectivity index (χ3v) is 7.56. The second-order valence-electron chi connectivity index (χ2n) is 9.68. The number of hydrogen-bond acceptors (Lipinski definition) is 3. The van der Waals surface area contributed by atoms with Crippen LogP contribution >= 0.6 is 11.6 Å². The lowest BCUT2D eigenvalue weighted by molar-refractivity contribution is -0.142. The molecule has 1 fully saturated rings. The van der Waals surface area contributed by atoms with E-state index in [4.69, 9.17) is 11.6 Å². The Bertz CT molecular complexity index is 1500. The van der Waals surface area contributed by atoms with E-state index < -0.39 is 29.1 Å². The van der Waals surface area contributed by atoms with E-state index in [0.717, 1.165) is 18.4 Å². The molecule has 1 amide bonds. The van der Waals surface area contributed by atoms with Crippen molar-refractivity contribution in [1.82, 2.24) is 10.3 Å². The van der Waals surface area contributed by atoms with Crippen molar-refractivity contribution in [1.29, 1.82) is 0 Å². The second kappa shape index (κ2) is 10.5. The fourth-order valence-corrected chi connectivity index (χ4v) is 5.44. The van der Waals surface area contributed by atoms with Gasteiger partial charge in [0, 0.05) is 16.8 Å². The van der Waals surface area contributed by atoms with Crippen molar-refractivity contribution in [3.63, 3.8) is 0 Å². The van der Waals surface area contributed by atoms with E-state index in [-0.39, 0.29) is 23.6 Å². The molecule has 0 aliphatic heterocycles. The van der Waals surface area contributed by atoms with Crippen molar-refractivity contribution in [2.24, 2.45) is 0 Å². The van der Waals surface area contributed by atoms with Crippen molar-refractivity contribution < 1.29 is 23.5 Å². The van der Waals surface area contributed by atoms with Crippen LogP contribution in [0.15, 0.2) is 72.8 Å². The topological polar surface area (TPSA) is 79.3 Å². The van der Waals surface area contributed by atoms with Crippen LogP contribution in [0.2, 0.25) is 5.02 Å². The maximum Gasteiger partial charge on any atom is 0.326 e. The monoisotopic (exact) mass is 534 g/mol. The Morgan fingerprint density at radius 2 is 1.66 bits per heavy atom. The van der Waals surface area contributed by atoms with E-state index in [1.54, 1.807) is 36.4 Å². The van der Waals surface area contributed by atoms with E-state index in [1.807, 2.05) is 12.1 Å². The first-order valence-electron chi connectivity index (χ1n) is 12.4. The van der Waals surface area contributed by atoms with Gasteiger partial charge in [0.25, 0.3) is 0 Å². The molecule has 0 spiro atoms. The SMILES string of the molecule is O=C(O)C(Cc1ccc2nc(-c3c(F)cccc3F)ccc2c1)NC(=O)C1(c2ccc(Cl)cc2)CCCC1. The summed E-state index contributed by atoms with van der Waals surface area (Å²) in [7, 11) is 0. The van der Waals surface area contributed by atoms with Gasteiger partial charge in [-0.05, 0) is 66.4 Å². The number of fused-ring (bicyclic) bond motifs is 1. The molecule has 8 heteroatoms. The van der Waals surface area contributed by atoms with Gasteiger partial charge in [0.05, 0.1) is 22.2 Å². The minimum atomic E-state index is -1.13. The van der Waals surface area contributed by atoms with Crippen molar-refractivity contribution in [3.8, 4) is 11.3 Å². The fourth-order valence-electron chi connectivity index (χ4n) is 5.31. The standard InChI is InChI=1S/C30H25ClF2N2O3/c31-21-10-8-20(9-11-21)30(14-1-2-15-30)29(38)35-26(28(36)37)17-18-6-12-24-19(16-18)7-13-25(34-24)27-22(32)4-3-5-23(27)33/h3-13,16,26H,1-2,14-15,17H2,(H,35,38)(H,36,37). The number of benzene rings is 3. The quantitative estimate of drug-likeness (QED) is 0.285. The summed E-state index contributed by atoms with van der Waals surface area (Å²) < 4.78 is 28.4. The van der Waals surface area contributed by atoms with Gasteiger partial charge in [-0.25, -0.2) is 18.6 Å². The molecule has 0 saturated heterocycles. The summed E-state index contributed by atoms with van der Waals surface area (Å²) in [6.07, 6.45) is 3.10. The van der Waals surface area contributed by atoms with Crippen LogP contribution in [-0.4, -0.2) is 28.0 Å². The molecule has 38 heavy (non-hydrogen) atoms. The number of rotatable bonds is 7. The largest absolute Gasteiger partial charge is 0.480 e. The summed E-state index contributed by atoms with van der Waals surface area (Å²) in [5, 5.41) is 14.0. The van der Waals surface area contributed by atoms with Crippen molar-refractivity contribution in [3.05, 3.63) is 101 Å². The first kappa shape index (κ1) is 25.8. The molecule has 194 valence electrons. The maximum atomic E-state index is 14.2. The van der Waals surface area contributed by atoms with E-state index in [9.17, 15) is 23.5 Å². The zero-order valence-corrected chi connectivity index (χ0v) is 21.1. The Kier molecular flexibility index (Phi) is 7.13. The third kappa shape index (κ3) is 4.98. The van der Waals surface area contributed by atoms with Crippen LogP contribution in [-0.2, 0) is 21.4 Å². The number of hydrogen-bond donors (Lipinski definition) is 2. The van der Waals surface area contributed by atoms with Crippen LogP contribution in [0.25, 0.3) is 22.2 Å². The molecule has 1 aromatic heterocycles. The Morgan fingerprint density at radius 1 is 0.974 bits per heavy atom. The van der Waals surface area contributed by atoms with Gasteiger partial charge in [-0.3, -0.25) is 4.79 Å². The highest BCUT2D eigenvalue weighted by atomic mass is 35.5. The molecule has 3 aromatic carbocycles. The van der Waals surface area contributed by atoms with Crippen LogP contribution in [0.4, 0.5) is 8.78 Å². The highest BCUT2D eigenvalue weighted by Gasteiger charge is 2.43. The van der Waals surface area contributed by atoms with Crippen LogP contribution in [0, 0.1) is 11.6 Å². The summed E-state index contributed by atoms with van der Waals surface area (Å²) in [5.41, 5.74) is 1.21. The van der Waals surface area contributed by atoms with Gasteiger partial charge >= 0.3 is 5.97 Å². The molecular formula is C30H25ClF2N2O3. The first-order valence-corrected chi connectivity index (χ1v) is 12.8. The van der Waals surface area contributed by atoms with E-state index >= 15 is 0 Å². The molecule has 5 nitrogen and oxygen atoms in total. The van der Waals surface area contributed by atoms with Gasteiger partial charge in [-0.15, -0.1) is 0 Å². The summed E-state index contributed by atoms with van der Waals surface area (Å²) in [5.74, 6) is -2.84. The summed E-state index contributed by atoms with van der Waals surface area (Å²) in [4.78, 5) is 30.1. The number of carbonyl (C=O) groups is 2. The lowest BCUT2D eigenvalue weighted by Crippen LogP contribution is -2.50. The number of pyridine rings is 1. The predicted molar refractivity (Wildman–Crippen MR) is 142 cm³/mol. The van der Waals surface area contributed by atoms with Crippen LogP contribution < -0.4 is 5.32 Å². The van der Waals surface area contributed by atoms with Crippen molar-refractivity contribution in [2.75, 3.05) is 0 Å². The molecule has 1 atom stereocenters. The van der Waals surface area contributed by atoms with E-state index in [0.29, 0.717) is 34.3 Å². The number of halogens is 3. The van der Waals surface area contributed by atoms with Crippen molar-refractivity contribution in [2.45, 2.75) is 43.6 Å². The zero-order chi connectivity index (χ0) is 26.9. The zero-order valence-electron chi connectivity index (χ0n) is 20.4. The number of nitrogens with one attached hydrogen (secondary N) is 1. The molecule has 1 heterocycles. The van der Waals surface area contributed by atoms with Gasteiger partial charge in [0.1, 0.15) is 17.7 Å². The number of aliphatic carboxylic acids is 1. The summed E-state index contributed by atoms with van der Waals surface area (Å²) in [6.45, 7) is 0. The Balaban J connectivity index is 1.38. The Labute approximate surface area is 223 Å². The van der Waals surface area contributed by atoms with E-state index in [1.165, 1.54) is 24.3 Å². The predicted octanol–water partition coefficient (Wildman–Crippen LogP) is 6.46. The molecule has 1 aliphatic carbocycles. The summed E-state index contributed by atoms with van der Waals surface area (Å²) >= 11 is 6.04. The lowest BCUT2D eigenvalue weighted by Gasteiger charge is -2.30. The number of carbonyl (C=O) groups excluding carboxylic acids is 1. The average molecular weight is 535 g/mol. The first-order chi connectivity index (χ1) is 18.3. The molecule has 0 bridgehead atoms. The number of amides is 1. The van der Waals surface area contributed by atoms with Crippen LogP contribution in [0.1, 0.15) is 36.8 Å². The molecule has 1 saturated carbocycles. The minimum Gasteiger partial charge on any atom is -0.480 e. The van der Waals surface area contributed by atoms with E-state index in [2.05, 4.69) is 10.3 Å². The Hall–Kier alpha value is -3.84. The van der Waals surface area contributed by atoms with Crippen LogP contribution in [0.5, 0.6) is 0 Å². The van der Waals surface area contributed by atoms with Crippen molar-refractivity contribution >= 4 is 34.4 Å². The summed E-state index contributed by atoms with van der Waals surface area (Å²) in [6, 6.07) is 18.1. The normalized spacial score (nSPS) is 15.3. The smallest absolute Gasteiger partial charge is 0.326 e. The third-order valence-electron chi connectivity index (χ3n) is 7.30. The van der Waals surface area contributed by atoms with Gasteiger partial charge in [-0.2, -0.15) is 0 Å². The molecule has 4 aromatic rings. The Morgan fingerprint density at radius 3 is 2.32 bits per heavy atom. The van der Waals surface area contributed by atoms with Gasteiger partial charge in [0.2, 0.25) is 5.91 Å². The number of carboxylic acids is 1.